The van der Waals surface area contributed by atoms with Gasteiger partial charge >= 0.3 is 0 Å². The molecule has 2 aromatic carbocycles. The van der Waals surface area contributed by atoms with Crippen LogP contribution in [0, 0.1) is 11.3 Å². The van der Waals surface area contributed by atoms with Crippen LogP contribution in [0.5, 0.6) is 0 Å². The van der Waals surface area contributed by atoms with Crippen LogP contribution in [0.1, 0.15) is 24.0 Å². The Hall–Kier alpha value is -2.84. The van der Waals surface area contributed by atoms with Crippen molar-refractivity contribution in [3.05, 3.63) is 75.9 Å². The number of aromatic nitrogens is 1. The predicted molar refractivity (Wildman–Crippen MR) is 110 cm³/mol. The highest BCUT2D eigenvalue weighted by molar-refractivity contribution is 9.10. The molecule has 134 valence electrons. The molecule has 1 amide bonds. The normalized spacial score (nSPS) is 14.1. The molecule has 1 aliphatic carbocycles. The number of nitriles is 1. The number of carbonyl (C=O) groups is 1. The standard InChI is InChI=1S/C22H18BrN3O/c23-18-5-3-4-15(10-18)13-26-14-17(20-6-1-2-7-21(20)26)11-16(12-24)22(27)25-19-8-9-19/h1-7,10-11,14,19H,8-9,13H2,(H,25,27). The summed E-state index contributed by atoms with van der Waals surface area (Å²) in [5.41, 5.74) is 3.27. The monoisotopic (exact) mass is 419 g/mol. The van der Waals surface area contributed by atoms with Crippen molar-refractivity contribution in [1.29, 1.82) is 5.26 Å². The summed E-state index contributed by atoms with van der Waals surface area (Å²) in [6.45, 7) is 0.712. The van der Waals surface area contributed by atoms with Crippen molar-refractivity contribution >= 4 is 38.8 Å². The van der Waals surface area contributed by atoms with Crippen LogP contribution in [0.25, 0.3) is 17.0 Å². The summed E-state index contributed by atoms with van der Waals surface area (Å²) in [6, 6.07) is 18.5. The minimum Gasteiger partial charge on any atom is -0.349 e. The molecule has 3 aromatic rings. The molecular formula is C22H18BrN3O. The van der Waals surface area contributed by atoms with E-state index in [1.54, 1.807) is 6.08 Å². The quantitative estimate of drug-likeness (QED) is 0.483. The van der Waals surface area contributed by atoms with E-state index in [9.17, 15) is 10.1 Å². The van der Waals surface area contributed by atoms with E-state index >= 15 is 0 Å². The zero-order chi connectivity index (χ0) is 18.8. The first kappa shape index (κ1) is 17.6. The third-order valence-corrected chi connectivity index (χ3v) is 5.13. The van der Waals surface area contributed by atoms with Crippen molar-refractivity contribution in [2.75, 3.05) is 0 Å². The lowest BCUT2D eigenvalue weighted by molar-refractivity contribution is -0.117. The fraction of sp³-hybridized carbons (Fsp3) is 0.182. The summed E-state index contributed by atoms with van der Waals surface area (Å²) in [5, 5.41) is 13.4. The highest BCUT2D eigenvalue weighted by Crippen LogP contribution is 2.26. The molecule has 0 atom stereocenters. The Bertz CT molecular complexity index is 1090. The number of halogens is 1. The third-order valence-electron chi connectivity index (χ3n) is 4.64. The Morgan fingerprint density at radius 3 is 2.81 bits per heavy atom. The van der Waals surface area contributed by atoms with Crippen LogP contribution in [0.3, 0.4) is 0 Å². The van der Waals surface area contributed by atoms with Crippen molar-refractivity contribution in [1.82, 2.24) is 9.88 Å². The van der Waals surface area contributed by atoms with Crippen LogP contribution >= 0.6 is 15.9 Å². The molecule has 0 unspecified atom stereocenters. The van der Waals surface area contributed by atoms with Crippen LogP contribution in [0.15, 0.2) is 64.8 Å². The number of nitrogens with one attached hydrogen (secondary N) is 1. The molecule has 4 rings (SSSR count). The van der Waals surface area contributed by atoms with Gasteiger partial charge in [-0.3, -0.25) is 4.79 Å². The van der Waals surface area contributed by atoms with Crippen molar-refractivity contribution in [3.8, 4) is 6.07 Å². The van der Waals surface area contributed by atoms with E-state index in [0.29, 0.717) is 6.54 Å². The van der Waals surface area contributed by atoms with E-state index in [-0.39, 0.29) is 17.5 Å². The first-order valence-corrected chi connectivity index (χ1v) is 9.68. The Kier molecular flexibility index (Phi) is 4.83. The minimum absolute atomic E-state index is 0.146. The molecular weight excluding hydrogens is 402 g/mol. The maximum atomic E-state index is 12.3. The summed E-state index contributed by atoms with van der Waals surface area (Å²) in [6.07, 6.45) is 5.69. The molecule has 4 nitrogen and oxygen atoms in total. The molecule has 0 saturated heterocycles. The molecule has 0 aliphatic heterocycles. The highest BCUT2D eigenvalue weighted by atomic mass is 79.9. The Labute approximate surface area is 166 Å². The molecule has 1 heterocycles. The van der Waals surface area contributed by atoms with Crippen LogP contribution in [-0.4, -0.2) is 16.5 Å². The van der Waals surface area contributed by atoms with Gasteiger partial charge in [0.15, 0.2) is 0 Å². The summed E-state index contributed by atoms with van der Waals surface area (Å²) < 4.78 is 3.19. The van der Waals surface area contributed by atoms with Crippen LogP contribution in [0.2, 0.25) is 0 Å². The average molecular weight is 420 g/mol. The van der Waals surface area contributed by atoms with Gasteiger partial charge in [0.05, 0.1) is 0 Å². The van der Waals surface area contributed by atoms with Crippen molar-refractivity contribution in [3.63, 3.8) is 0 Å². The maximum Gasteiger partial charge on any atom is 0.262 e. The highest BCUT2D eigenvalue weighted by Gasteiger charge is 2.24. The molecule has 1 aromatic heterocycles. The van der Waals surface area contributed by atoms with Gasteiger partial charge < -0.3 is 9.88 Å². The number of carbonyl (C=O) groups excluding carboxylic acids is 1. The number of hydrogen-bond acceptors (Lipinski definition) is 2. The van der Waals surface area contributed by atoms with E-state index in [1.807, 2.05) is 42.6 Å². The molecule has 0 bridgehead atoms. The van der Waals surface area contributed by atoms with Gasteiger partial charge in [-0.05, 0) is 42.7 Å². The summed E-state index contributed by atoms with van der Waals surface area (Å²) >= 11 is 3.51. The van der Waals surface area contributed by atoms with Gasteiger partial charge in [-0.1, -0.05) is 46.3 Å². The zero-order valence-electron chi connectivity index (χ0n) is 14.7. The minimum atomic E-state index is -0.288. The van der Waals surface area contributed by atoms with Gasteiger partial charge in [-0.15, -0.1) is 0 Å². The molecule has 1 N–H and O–H groups in total. The predicted octanol–water partition coefficient (Wildman–Crippen LogP) is 4.64. The number of benzene rings is 2. The van der Waals surface area contributed by atoms with E-state index in [1.165, 1.54) is 5.56 Å². The van der Waals surface area contributed by atoms with E-state index < -0.39 is 0 Å². The van der Waals surface area contributed by atoms with Crippen LogP contribution in [-0.2, 0) is 11.3 Å². The zero-order valence-corrected chi connectivity index (χ0v) is 16.2. The summed E-state index contributed by atoms with van der Waals surface area (Å²) in [5.74, 6) is -0.288. The molecule has 1 saturated carbocycles. The molecule has 5 heteroatoms. The number of nitrogens with zero attached hydrogens (tertiary/aromatic N) is 2. The van der Waals surface area contributed by atoms with Crippen LogP contribution < -0.4 is 5.32 Å². The maximum absolute atomic E-state index is 12.3. The van der Waals surface area contributed by atoms with Crippen molar-refractivity contribution in [2.24, 2.45) is 0 Å². The molecule has 27 heavy (non-hydrogen) atoms. The van der Waals surface area contributed by atoms with Gasteiger partial charge in [-0.2, -0.15) is 5.26 Å². The van der Waals surface area contributed by atoms with Gasteiger partial charge in [-0.25, -0.2) is 0 Å². The first-order valence-electron chi connectivity index (χ1n) is 8.89. The lowest BCUT2D eigenvalue weighted by atomic mass is 10.1. The molecule has 1 fully saturated rings. The molecule has 0 spiro atoms. The van der Waals surface area contributed by atoms with Gasteiger partial charge in [0.1, 0.15) is 11.6 Å². The van der Waals surface area contributed by atoms with Crippen molar-refractivity contribution in [2.45, 2.75) is 25.4 Å². The van der Waals surface area contributed by atoms with Crippen molar-refractivity contribution < 1.29 is 4.79 Å². The summed E-state index contributed by atoms with van der Waals surface area (Å²) in [7, 11) is 0. The summed E-state index contributed by atoms with van der Waals surface area (Å²) in [4.78, 5) is 12.3. The van der Waals surface area contributed by atoms with Crippen LogP contribution in [0.4, 0.5) is 0 Å². The fourth-order valence-electron chi connectivity index (χ4n) is 3.15. The lowest BCUT2D eigenvalue weighted by Gasteiger charge is -2.06. The van der Waals surface area contributed by atoms with E-state index in [0.717, 1.165) is 33.8 Å². The smallest absolute Gasteiger partial charge is 0.262 e. The number of para-hydroxylation sites is 1. The van der Waals surface area contributed by atoms with Gasteiger partial charge in [0.2, 0.25) is 0 Å². The number of amides is 1. The van der Waals surface area contributed by atoms with E-state index in [4.69, 9.17) is 0 Å². The third kappa shape index (κ3) is 3.96. The number of fused-ring (bicyclic) bond motifs is 1. The molecule has 0 radical (unpaired) electrons. The average Bonchev–Trinajstić information content (AvgIpc) is 3.41. The Morgan fingerprint density at radius 1 is 1.26 bits per heavy atom. The largest absolute Gasteiger partial charge is 0.349 e. The number of rotatable bonds is 5. The lowest BCUT2D eigenvalue weighted by Crippen LogP contribution is -2.26. The van der Waals surface area contributed by atoms with Gasteiger partial charge in [0.25, 0.3) is 5.91 Å². The Morgan fingerprint density at radius 2 is 2.07 bits per heavy atom. The second-order valence-corrected chi connectivity index (χ2v) is 7.69. The first-order chi connectivity index (χ1) is 13.1. The van der Waals surface area contributed by atoms with Gasteiger partial charge in [0, 0.05) is 39.7 Å². The molecule has 1 aliphatic rings. The van der Waals surface area contributed by atoms with E-state index in [2.05, 4.69) is 44.0 Å². The SMILES string of the molecule is N#CC(=Cc1cn(Cc2cccc(Br)c2)c2ccccc12)C(=O)NC1CC1. The Balaban J connectivity index is 1.72. The number of hydrogen-bond donors (Lipinski definition) is 1. The second-order valence-electron chi connectivity index (χ2n) is 6.78. The fourth-order valence-corrected chi connectivity index (χ4v) is 3.59. The second kappa shape index (κ2) is 7.42. The topological polar surface area (TPSA) is 57.8 Å².